The zero-order valence-electron chi connectivity index (χ0n) is 7.80. The molecule has 0 aliphatic rings. The second-order valence-electron chi connectivity index (χ2n) is 3.21. The summed E-state index contributed by atoms with van der Waals surface area (Å²) >= 11 is 0. The van der Waals surface area contributed by atoms with E-state index in [1.807, 2.05) is 0 Å². The molecule has 0 radical (unpaired) electrons. The zero-order valence-corrected chi connectivity index (χ0v) is 7.80. The summed E-state index contributed by atoms with van der Waals surface area (Å²) in [6.45, 7) is 2.10. The van der Waals surface area contributed by atoms with E-state index >= 15 is 0 Å². The first-order valence-corrected chi connectivity index (χ1v) is 4.19. The molecule has 5 heteroatoms. The summed E-state index contributed by atoms with van der Waals surface area (Å²) in [4.78, 5) is 21.3. The van der Waals surface area contributed by atoms with Crippen molar-refractivity contribution in [3.8, 4) is 0 Å². The minimum absolute atomic E-state index is 0.210. The molecule has 1 unspecified atom stereocenters. The van der Waals surface area contributed by atoms with Crippen molar-refractivity contribution in [2.45, 2.75) is 13.5 Å². The summed E-state index contributed by atoms with van der Waals surface area (Å²) in [6.07, 6.45) is 3.09. The molecule has 0 saturated heterocycles. The van der Waals surface area contributed by atoms with Crippen molar-refractivity contribution in [2.24, 2.45) is 11.7 Å². The Labute approximate surface area is 81.1 Å². The van der Waals surface area contributed by atoms with Crippen LogP contribution in [-0.2, 0) is 11.3 Å². The normalized spacial score (nSPS) is 12.4. The van der Waals surface area contributed by atoms with Crippen molar-refractivity contribution < 1.29 is 14.7 Å². The monoisotopic (exact) mass is 196 g/mol. The van der Waals surface area contributed by atoms with Crippen molar-refractivity contribution in [3.63, 3.8) is 0 Å². The molecule has 0 bridgehead atoms. The van der Waals surface area contributed by atoms with Crippen LogP contribution >= 0.6 is 0 Å². The van der Waals surface area contributed by atoms with E-state index in [4.69, 9.17) is 10.8 Å². The third-order valence-electron chi connectivity index (χ3n) is 1.97. The predicted molar refractivity (Wildman–Crippen MR) is 49.7 cm³/mol. The van der Waals surface area contributed by atoms with Gasteiger partial charge in [0.05, 0.1) is 11.5 Å². The van der Waals surface area contributed by atoms with Gasteiger partial charge in [-0.15, -0.1) is 0 Å². The molecule has 0 aliphatic heterocycles. The number of amides is 1. The van der Waals surface area contributed by atoms with Crippen LogP contribution in [0.4, 0.5) is 0 Å². The molecule has 5 nitrogen and oxygen atoms in total. The molecule has 3 N–H and O–H groups in total. The van der Waals surface area contributed by atoms with Gasteiger partial charge in [0.25, 0.3) is 0 Å². The van der Waals surface area contributed by atoms with Crippen LogP contribution < -0.4 is 5.73 Å². The van der Waals surface area contributed by atoms with Gasteiger partial charge in [-0.1, -0.05) is 6.92 Å². The molecule has 0 saturated carbocycles. The number of carboxylic acid groups (broad SMARTS) is 1. The first-order chi connectivity index (χ1) is 6.50. The van der Waals surface area contributed by atoms with E-state index in [2.05, 4.69) is 0 Å². The van der Waals surface area contributed by atoms with Crippen LogP contribution in [0.1, 0.15) is 17.3 Å². The SMILES string of the molecule is CC(Cn1ccc(C(=O)O)c1)C(N)=O. The number of aromatic carboxylic acids is 1. The lowest BCUT2D eigenvalue weighted by atomic mass is 10.2. The van der Waals surface area contributed by atoms with Crippen molar-refractivity contribution >= 4 is 11.9 Å². The number of rotatable bonds is 4. The van der Waals surface area contributed by atoms with Crippen LogP contribution in [0, 0.1) is 5.92 Å². The van der Waals surface area contributed by atoms with E-state index < -0.39 is 11.9 Å². The van der Waals surface area contributed by atoms with E-state index in [-0.39, 0.29) is 11.5 Å². The number of hydrogen-bond acceptors (Lipinski definition) is 2. The Bertz CT molecular complexity index is 357. The second-order valence-corrected chi connectivity index (χ2v) is 3.21. The largest absolute Gasteiger partial charge is 0.478 e. The van der Waals surface area contributed by atoms with Crippen molar-refractivity contribution in [3.05, 3.63) is 24.0 Å². The van der Waals surface area contributed by atoms with Crippen molar-refractivity contribution in [2.75, 3.05) is 0 Å². The van der Waals surface area contributed by atoms with E-state index in [1.165, 1.54) is 12.3 Å². The molecule has 1 aromatic heterocycles. The van der Waals surface area contributed by atoms with Gasteiger partial charge in [-0.2, -0.15) is 0 Å². The highest BCUT2D eigenvalue weighted by Gasteiger charge is 2.10. The number of aromatic nitrogens is 1. The fraction of sp³-hybridized carbons (Fsp3) is 0.333. The molecule has 0 fully saturated rings. The van der Waals surface area contributed by atoms with Crippen LogP contribution in [-0.4, -0.2) is 21.6 Å². The molecule has 0 aromatic carbocycles. The van der Waals surface area contributed by atoms with Crippen LogP contribution in [0.25, 0.3) is 0 Å². The Morgan fingerprint density at radius 1 is 1.64 bits per heavy atom. The van der Waals surface area contributed by atoms with Crippen molar-refractivity contribution in [1.82, 2.24) is 4.57 Å². The fourth-order valence-corrected chi connectivity index (χ4v) is 1.09. The van der Waals surface area contributed by atoms with Gasteiger partial charge in [0, 0.05) is 18.9 Å². The maximum atomic E-state index is 10.7. The van der Waals surface area contributed by atoms with Crippen LogP contribution in [0.3, 0.4) is 0 Å². The molecule has 1 heterocycles. The average Bonchev–Trinajstić information content (AvgIpc) is 2.52. The van der Waals surface area contributed by atoms with Crippen LogP contribution in [0.15, 0.2) is 18.5 Å². The molecular weight excluding hydrogens is 184 g/mol. The average molecular weight is 196 g/mol. The Kier molecular flexibility index (Phi) is 2.91. The third-order valence-corrected chi connectivity index (χ3v) is 1.97. The van der Waals surface area contributed by atoms with E-state index in [9.17, 15) is 9.59 Å². The molecule has 14 heavy (non-hydrogen) atoms. The number of carbonyl (C=O) groups excluding carboxylic acids is 1. The maximum Gasteiger partial charge on any atom is 0.337 e. The molecule has 1 amide bonds. The molecule has 1 rings (SSSR count). The lowest BCUT2D eigenvalue weighted by Crippen LogP contribution is -2.24. The second kappa shape index (κ2) is 3.95. The van der Waals surface area contributed by atoms with Gasteiger partial charge in [-0.3, -0.25) is 4.79 Å². The summed E-state index contributed by atoms with van der Waals surface area (Å²) in [5.74, 6) is -1.67. The third kappa shape index (κ3) is 2.35. The van der Waals surface area contributed by atoms with Gasteiger partial charge in [0.15, 0.2) is 0 Å². The topological polar surface area (TPSA) is 85.3 Å². The number of carbonyl (C=O) groups is 2. The standard InChI is InChI=1S/C9H12N2O3/c1-6(8(10)12)4-11-3-2-7(5-11)9(13)14/h2-3,5-6H,4H2,1H3,(H2,10,12)(H,13,14). The van der Waals surface area contributed by atoms with Gasteiger partial charge in [0.1, 0.15) is 0 Å². The van der Waals surface area contributed by atoms with E-state index in [0.717, 1.165) is 0 Å². The van der Waals surface area contributed by atoms with Gasteiger partial charge < -0.3 is 15.4 Å². The lowest BCUT2D eigenvalue weighted by Gasteiger charge is -2.07. The molecular formula is C9H12N2O3. The quantitative estimate of drug-likeness (QED) is 0.726. The molecule has 1 aromatic rings. The summed E-state index contributed by atoms with van der Waals surface area (Å²) in [5.41, 5.74) is 5.29. The number of hydrogen-bond donors (Lipinski definition) is 2. The lowest BCUT2D eigenvalue weighted by molar-refractivity contribution is -0.121. The first kappa shape index (κ1) is 10.3. The molecule has 76 valence electrons. The first-order valence-electron chi connectivity index (χ1n) is 4.19. The highest BCUT2D eigenvalue weighted by Crippen LogP contribution is 2.05. The van der Waals surface area contributed by atoms with Gasteiger partial charge in [0.2, 0.25) is 5.91 Å². The smallest absolute Gasteiger partial charge is 0.337 e. The summed E-state index contributed by atoms with van der Waals surface area (Å²) in [5, 5.41) is 8.64. The maximum absolute atomic E-state index is 10.7. The Hall–Kier alpha value is -1.78. The Morgan fingerprint density at radius 2 is 2.29 bits per heavy atom. The number of nitrogens with two attached hydrogens (primary N) is 1. The minimum atomic E-state index is -0.976. The highest BCUT2D eigenvalue weighted by atomic mass is 16.4. The van der Waals surface area contributed by atoms with E-state index in [1.54, 1.807) is 17.7 Å². The van der Waals surface area contributed by atoms with Crippen LogP contribution in [0.2, 0.25) is 0 Å². The number of carboxylic acids is 1. The van der Waals surface area contributed by atoms with Crippen LogP contribution in [0.5, 0.6) is 0 Å². The number of primary amides is 1. The highest BCUT2D eigenvalue weighted by molar-refractivity contribution is 5.87. The molecule has 0 aliphatic carbocycles. The molecule has 0 spiro atoms. The van der Waals surface area contributed by atoms with Gasteiger partial charge >= 0.3 is 5.97 Å². The van der Waals surface area contributed by atoms with Gasteiger partial charge in [-0.05, 0) is 6.07 Å². The zero-order chi connectivity index (χ0) is 10.7. The number of nitrogens with zero attached hydrogens (tertiary/aromatic N) is 1. The summed E-state index contributed by atoms with van der Waals surface area (Å²) in [7, 11) is 0. The predicted octanol–water partition coefficient (Wildman–Crippen LogP) is 0.308. The molecule has 1 atom stereocenters. The summed E-state index contributed by atoms with van der Waals surface area (Å²) < 4.78 is 1.64. The van der Waals surface area contributed by atoms with Gasteiger partial charge in [-0.25, -0.2) is 4.79 Å². The summed E-state index contributed by atoms with van der Waals surface area (Å²) in [6, 6.07) is 1.48. The van der Waals surface area contributed by atoms with E-state index in [0.29, 0.717) is 6.54 Å². The van der Waals surface area contributed by atoms with Crippen molar-refractivity contribution in [1.29, 1.82) is 0 Å². The minimum Gasteiger partial charge on any atom is -0.478 e. The Balaban J connectivity index is 2.69. The Morgan fingerprint density at radius 3 is 2.71 bits per heavy atom. The fourth-order valence-electron chi connectivity index (χ4n) is 1.09.